The lowest BCUT2D eigenvalue weighted by atomic mass is 10.0. The Morgan fingerprint density at radius 1 is 1.19 bits per heavy atom. The van der Waals surface area contributed by atoms with Crippen molar-refractivity contribution in [3.8, 4) is 0 Å². The first-order valence-corrected chi connectivity index (χ1v) is 8.48. The molecule has 0 saturated heterocycles. The van der Waals surface area contributed by atoms with Gasteiger partial charge in [0, 0.05) is 28.4 Å². The number of likely N-dealkylation sites (N-methyl/N-ethyl adjacent to an activating group) is 1. The van der Waals surface area contributed by atoms with Gasteiger partial charge in [0.15, 0.2) is 5.96 Å². The molecule has 1 rings (SSSR count). The molecule has 0 spiro atoms. The van der Waals surface area contributed by atoms with Gasteiger partial charge in [-0.2, -0.15) is 0 Å². The molecule has 0 aliphatic heterocycles. The molecule has 4 nitrogen and oxygen atoms in total. The Labute approximate surface area is 133 Å². The van der Waals surface area contributed by atoms with Gasteiger partial charge in [-0.1, -0.05) is 6.92 Å². The van der Waals surface area contributed by atoms with Gasteiger partial charge in [0.25, 0.3) is 0 Å². The lowest BCUT2D eigenvalue weighted by molar-refractivity contribution is 0.197. The van der Waals surface area contributed by atoms with Crippen molar-refractivity contribution >= 4 is 17.3 Å². The number of hydrogen-bond donors (Lipinski definition) is 2. The third-order valence-electron chi connectivity index (χ3n) is 3.70. The Morgan fingerprint density at radius 2 is 1.86 bits per heavy atom. The summed E-state index contributed by atoms with van der Waals surface area (Å²) < 4.78 is 0. The predicted octanol–water partition coefficient (Wildman–Crippen LogP) is 2.71. The van der Waals surface area contributed by atoms with Crippen molar-refractivity contribution in [1.82, 2.24) is 15.5 Å². The van der Waals surface area contributed by atoms with Crippen LogP contribution in [0.4, 0.5) is 0 Å². The van der Waals surface area contributed by atoms with E-state index in [1.54, 1.807) is 0 Å². The van der Waals surface area contributed by atoms with Crippen molar-refractivity contribution in [3.63, 3.8) is 0 Å². The maximum atomic E-state index is 4.68. The van der Waals surface area contributed by atoms with Crippen molar-refractivity contribution in [3.05, 3.63) is 21.9 Å². The van der Waals surface area contributed by atoms with Crippen molar-refractivity contribution in [1.29, 1.82) is 0 Å². The second kappa shape index (κ2) is 8.39. The van der Waals surface area contributed by atoms with Crippen molar-refractivity contribution in [2.45, 2.75) is 46.2 Å². The maximum Gasteiger partial charge on any atom is 0.191 e. The van der Waals surface area contributed by atoms with E-state index in [1.807, 2.05) is 11.3 Å². The summed E-state index contributed by atoms with van der Waals surface area (Å²) in [6.45, 7) is 11.2. The number of thiophene rings is 1. The van der Waals surface area contributed by atoms with Gasteiger partial charge in [-0.25, -0.2) is 4.99 Å². The fraction of sp³-hybridized carbons (Fsp3) is 0.688. The maximum absolute atomic E-state index is 4.68. The van der Waals surface area contributed by atoms with Gasteiger partial charge in [-0.05, 0) is 53.4 Å². The Morgan fingerprint density at radius 3 is 2.38 bits per heavy atom. The molecule has 0 bridgehead atoms. The fourth-order valence-electron chi connectivity index (χ4n) is 1.65. The highest BCUT2D eigenvalue weighted by atomic mass is 32.1. The van der Waals surface area contributed by atoms with Crippen LogP contribution in [0.25, 0.3) is 0 Å². The minimum absolute atomic E-state index is 0.0918. The SMILES string of the molecule is CCNC(=NCc1ccc(CC)s1)NCC(C)(C)N(C)C. The molecule has 0 aromatic carbocycles. The Kier molecular flexibility index (Phi) is 7.18. The molecule has 0 aliphatic carbocycles. The van der Waals surface area contributed by atoms with Gasteiger partial charge in [0.1, 0.15) is 0 Å². The van der Waals surface area contributed by atoms with Crippen LogP contribution < -0.4 is 10.6 Å². The van der Waals surface area contributed by atoms with Crippen LogP contribution in [-0.2, 0) is 13.0 Å². The first kappa shape index (κ1) is 18.0. The topological polar surface area (TPSA) is 39.7 Å². The van der Waals surface area contributed by atoms with E-state index >= 15 is 0 Å². The van der Waals surface area contributed by atoms with E-state index in [0.717, 1.165) is 32.0 Å². The van der Waals surface area contributed by atoms with Crippen LogP contribution in [0.1, 0.15) is 37.4 Å². The van der Waals surface area contributed by atoms with Crippen LogP contribution >= 0.6 is 11.3 Å². The zero-order valence-corrected chi connectivity index (χ0v) is 15.1. The van der Waals surface area contributed by atoms with Gasteiger partial charge >= 0.3 is 0 Å². The highest BCUT2D eigenvalue weighted by molar-refractivity contribution is 7.11. The van der Waals surface area contributed by atoms with Gasteiger partial charge in [-0.3, -0.25) is 0 Å². The van der Waals surface area contributed by atoms with Crippen molar-refractivity contribution < 1.29 is 0 Å². The highest BCUT2D eigenvalue weighted by Crippen LogP contribution is 2.17. The molecular weight excluding hydrogens is 280 g/mol. The average molecular weight is 311 g/mol. The molecule has 0 fully saturated rings. The molecule has 0 atom stereocenters. The molecule has 1 heterocycles. The minimum Gasteiger partial charge on any atom is -0.357 e. The molecule has 0 radical (unpaired) electrons. The first-order chi connectivity index (χ1) is 9.89. The number of aryl methyl sites for hydroxylation is 1. The second-order valence-corrected chi connectivity index (χ2v) is 7.23. The van der Waals surface area contributed by atoms with E-state index in [1.165, 1.54) is 9.75 Å². The zero-order valence-electron chi connectivity index (χ0n) is 14.3. The summed E-state index contributed by atoms with van der Waals surface area (Å²) in [4.78, 5) is 9.64. The molecule has 1 aromatic rings. The van der Waals surface area contributed by atoms with Gasteiger partial charge in [0.2, 0.25) is 0 Å². The largest absolute Gasteiger partial charge is 0.357 e. The molecule has 1 aromatic heterocycles. The summed E-state index contributed by atoms with van der Waals surface area (Å²) in [6.07, 6.45) is 1.10. The summed E-state index contributed by atoms with van der Waals surface area (Å²) in [6, 6.07) is 4.38. The molecular formula is C16H30N4S. The average Bonchev–Trinajstić information content (AvgIpc) is 2.89. The highest BCUT2D eigenvalue weighted by Gasteiger charge is 2.20. The summed E-state index contributed by atoms with van der Waals surface area (Å²) >= 11 is 1.85. The molecule has 0 aliphatic rings. The van der Waals surface area contributed by atoms with E-state index in [9.17, 15) is 0 Å². The zero-order chi connectivity index (χ0) is 15.9. The van der Waals surface area contributed by atoms with Crippen LogP contribution in [0, 0.1) is 0 Å². The summed E-state index contributed by atoms with van der Waals surface area (Å²) in [5.74, 6) is 0.888. The summed E-state index contributed by atoms with van der Waals surface area (Å²) in [7, 11) is 4.20. The molecule has 0 amide bonds. The summed E-state index contributed by atoms with van der Waals surface area (Å²) in [5, 5.41) is 6.75. The quantitative estimate of drug-likeness (QED) is 0.601. The van der Waals surface area contributed by atoms with Gasteiger partial charge in [0.05, 0.1) is 6.54 Å². The van der Waals surface area contributed by atoms with E-state index < -0.39 is 0 Å². The van der Waals surface area contributed by atoms with E-state index in [0.29, 0.717) is 0 Å². The lowest BCUT2D eigenvalue weighted by Gasteiger charge is -2.33. The molecule has 0 saturated carbocycles. The number of rotatable bonds is 7. The third-order valence-corrected chi connectivity index (χ3v) is 4.92. The number of aliphatic imine (C=N–C) groups is 1. The van der Waals surface area contributed by atoms with Crippen LogP contribution in [0.15, 0.2) is 17.1 Å². The normalized spacial score (nSPS) is 12.8. The second-order valence-electron chi connectivity index (χ2n) is 5.98. The first-order valence-electron chi connectivity index (χ1n) is 7.66. The van der Waals surface area contributed by atoms with E-state index in [-0.39, 0.29) is 5.54 Å². The third kappa shape index (κ3) is 6.06. The number of nitrogens with one attached hydrogen (secondary N) is 2. The molecule has 2 N–H and O–H groups in total. The smallest absolute Gasteiger partial charge is 0.191 e. The van der Waals surface area contributed by atoms with Crippen molar-refractivity contribution in [2.24, 2.45) is 4.99 Å². The van der Waals surface area contributed by atoms with Crippen molar-refractivity contribution in [2.75, 3.05) is 27.2 Å². The molecule has 120 valence electrons. The molecule has 5 heteroatoms. The molecule has 21 heavy (non-hydrogen) atoms. The minimum atomic E-state index is 0.0918. The van der Waals surface area contributed by atoms with Gasteiger partial charge < -0.3 is 15.5 Å². The van der Waals surface area contributed by atoms with E-state index in [2.05, 4.69) is 74.4 Å². The number of nitrogens with zero attached hydrogens (tertiary/aromatic N) is 2. The van der Waals surface area contributed by atoms with Crippen LogP contribution in [0.3, 0.4) is 0 Å². The Hall–Kier alpha value is -1.07. The lowest BCUT2D eigenvalue weighted by Crippen LogP contribution is -2.50. The number of guanidine groups is 1. The van der Waals surface area contributed by atoms with Crippen LogP contribution in [0.5, 0.6) is 0 Å². The van der Waals surface area contributed by atoms with Gasteiger partial charge in [-0.15, -0.1) is 11.3 Å². The molecule has 0 unspecified atom stereocenters. The monoisotopic (exact) mass is 310 g/mol. The van der Waals surface area contributed by atoms with Crippen LogP contribution in [-0.4, -0.2) is 43.6 Å². The number of hydrogen-bond acceptors (Lipinski definition) is 3. The standard InChI is InChI=1S/C16H30N4S/c1-7-13-9-10-14(21-13)11-18-15(17-8-2)19-12-16(3,4)20(5)6/h9-10H,7-8,11-12H2,1-6H3,(H2,17,18,19). The van der Waals surface area contributed by atoms with Crippen LogP contribution in [0.2, 0.25) is 0 Å². The predicted molar refractivity (Wildman–Crippen MR) is 94.3 cm³/mol. The fourth-order valence-corrected chi connectivity index (χ4v) is 2.54. The summed E-state index contributed by atoms with van der Waals surface area (Å²) in [5.41, 5.74) is 0.0918. The Bertz CT molecular complexity index is 449. The Balaban J connectivity index is 2.61. The van der Waals surface area contributed by atoms with E-state index in [4.69, 9.17) is 0 Å².